The second-order valence-electron chi connectivity index (χ2n) is 14.1. The summed E-state index contributed by atoms with van der Waals surface area (Å²) < 4.78 is 2.14. The second kappa shape index (κ2) is 14.8. The van der Waals surface area contributed by atoms with Crippen molar-refractivity contribution in [2.24, 2.45) is 0 Å². The monoisotopic (exact) mass is 731 g/mol. The molecule has 2 aliphatic rings. The van der Waals surface area contributed by atoms with Crippen LogP contribution in [0.5, 0.6) is 0 Å². The first-order valence-corrected chi connectivity index (χ1v) is 19.1. The summed E-state index contributed by atoms with van der Waals surface area (Å²) in [6.07, 6.45) is 8.47. The van der Waals surface area contributed by atoms with Crippen molar-refractivity contribution >= 4 is 51.5 Å². The third kappa shape index (κ3) is 6.83. The summed E-state index contributed by atoms with van der Waals surface area (Å²) in [5.41, 5.74) is 7.17. The van der Waals surface area contributed by atoms with Crippen molar-refractivity contribution in [1.82, 2.24) is 24.4 Å². The van der Waals surface area contributed by atoms with Gasteiger partial charge in [-0.15, -0.1) is 0 Å². The van der Waals surface area contributed by atoms with Gasteiger partial charge in [-0.2, -0.15) is 0 Å². The Morgan fingerprint density at radius 3 is 2.37 bits per heavy atom. The smallest absolute Gasteiger partial charge is 0.272 e. The van der Waals surface area contributed by atoms with Crippen LogP contribution in [0, 0.1) is 6.92 Å². The van der Waals surface area contributed by atoms with Crippen LogP contribution in [0.25, 0.3) is 33.4 Å². The number of anilines is 2. The van der Waals surface area contributed by atoms with Gasteiger partial charge in [0.05, 0.1) is 29.4 Å². The van der Waals surface area contributed by atoms with E-state index in [9.17, 15) is 4.79 Å². The Morgan fingerprint density at radius 2 is 1.62 bits per heavy atom. The van der Waals surface area contributed by atoms with Gasteiger partial charge in [0.25, 0.3) is 5.91 Å². The standard InChI is InChI=1S/C42H43Cl2N7O/c1-27-13-20-35(41(46-27)50-23-21-49(22-24-50)33-11-7-4-8-12-33)48-42(52)39-37(34-19-18-32(44)25-36(34)47-39)40-38(30-9-5-3-6-10-30)45-26-51(40)28(2)29-14-16-31(43)17-15-29/h3,5-6,9-10,13-20,25-26,28,33,47H,4,7-8,11-12,21-24H2,1-2H3,(H,48,52)/t28-/m0/s1. The molecular formula is C42H43Cl2N7O. The van der Waals surface area contributed by atoms with E-state index in [1.165, 1.54) is 32.1 Å². The van der Waals surface area contributed by atoms with Crippen LogP contribution in [-0.2, 0) is 0 Å². The van der Waals surface area contributed by atoms with Crippen LogP contribution in [0.1, 0.15) is 66.8 Å². The van der Waals surface area contributed by atoms with Crippen LogP contribution in [0.2, 0.25) is 10.0 Å². The number of aryl methyl sites for hydroxylation is 1. The minimum Gasteiger partial charge on any atom is -0.352 e. The Morgan fingerprint density at radius 1 is 0.885 bits per heavy atom. The molecule has 8 nitrogen and oxygen atoms in total. The highest BCUT2D eigenvalue weighted by Crippen LogP contribution is 2.42. The number of rotatable bonds is 8. The number of hydrogen-bond acceptors (Lipinski definition) is 5. The molecule has 1 saturated carbocycles. The quantitative estimate of drug-likeness (QED) is 0.163. The Labute approximate surface area is 314 Å². The molecule has 1 aliphatic heterocycles. The summed E-state index contributed by atoms with van der Waals surface area (Å²) in [5, 5.41) is 5.41. The predicted molar refractivity (Wildman–Crippen MR) is 213 cm³/mol. The number of nitrogens with zero attached hydrogens (tertiary/aromatic N) is 5. The Balaban J connectivity index is 1.20. The molecule has 10 heteroatoms. The molecule has 1 saturated heterocycles. The summed E-state index contributed by atoms with van der Waals surface area (Å²) in [4.78, 5) is 33.1. The van der Waals surface area contributed by atoms with E-state index >= 15 is 0 Å². The van der Waals surface area contributed by atoms with Crippen molar-refractivity contribution in [3.8, 4) is 22.5 Å². The van der Waals surface area contributed by atoms with Gasteiger partial charge in [0, 0.05) is 70.0 Å². The van der Waals surface area contributed by atoms with Gasteiger partial charge in [-0.25, -0.2) is 9.97 Å². The number of hydrogen-bond donors (Lipinski definition) is 2. The van der Waals surface area contributed by atoms with Gasteiger partial charge in [-0.3, -0.25) is 9.69 Å². The van der Waals surface area contributed by atoms with Gasteiger partial charge in [0.2, 0.25) is 0 Å². The number of piperazine rings is 1. The average Bonchev–Trinajstić information content (AvgIpc) is 3.78. The van der Waals surface area contributed by atoms with E-state index < -0.39 is 0 Å². The number of fused-ring (bicyclic) bond motifs is 1. The third-order valence-corrected chi connectivity index (χ3v) is 11.3. The lowest BCUT2D eigenvalue weighted by Crippen LogP contribution is -2.51. The zero-order valence-corrected chi connectivity index (χ0v) is 31.1. The third-order valence-electron chi connectivity index (χ3n) is 10.8. The lowest BCUT2D eigenvalue weighted by atomic mass is 9.94. The molecule has 4 heterocycles. The van der Waals surface area contributed by atoms with Crippen LogP contribution in [0.15, 0.2) is 91.3 Å². The topological polar surface area (TPSA) is 82.1 Å². The molecule has 2 N–H and O–H groups in total. The Kier molecular flexibility index (Phi) is 9.79. The molecule has 6 aromatic rings. The van der Waals surface area contributed by atoms with E-state index in [0.29, 0.717) is 27.5 Å². The molecule has 8 rings (SSSR count). The number of amides is 1. The van der Waals surface area contributed by atoms with Gasteiger partial charge in [-0.1, -0.05) is 91.0 Å². The lowest BCUT2D eigenvalue weighted by Gasteiger charge is -2.41. The van der Waals surface area contributed by atoms with E-state index in [1.807, 2.05) is 98.2 Å². The minimum absolute atomic E-state index is 0.120. The molecule has 0 unspecified atom stereocenters. The van der Waals surface area contributed by atoms with Crippen molar-refractivity contribution in [3.05, 3.63) is 118 Å². The number of benzene rings is 3. The molecule has 2 fully saturated rings. The molecule has 0 spiro atoms. The first-order chi connectivity index (χ1) is 25.3. The number of carbonyl (C=O) groups is 1. The number of aromatic amines is 1. The van der Waals surface area contributed by atoms with E-state index in [4.69, 9.17) is 33.2 Å². The Bertz CT molecular complexity index is 2200. The number of imidazole rings is 1. The van der Waals surface area contributed by atoms with Crippen LogP contribution < -0.4 is 10.2 Å². The number of halogens is 2. The molecule has 52 heavy (non-hydrogen) atoms. The molecular weight excluding hydrogens is 689 g/mol. The Hall–Kier alpha value is -4.63. The maximum Gasteiger partial charge on any atom is 0.272 e. The largest absolute Gasteiger partial charge is 0.352 e. The average molecular weight is 733 g/mol. The van der Waals surface area contributed by atoms with Crippen LogP contribution in [0.4, 0.5) is 11.5 Å². The van der Waals surface area contributed by atoms with E-state index in [-0.39, 0.29) is 11.9 Å². The zero-order chi connectivity index (χ0) is 35.8. The van der Waals surface area contributed by atoms with Gasteiger partial charge in [0.15, 0.2) is 5.82 Å². The van der Waals surface area contributed by atoms with Crippen LogP contribution in [0.3, 0.4) is 0 Å². The summed E-state index contributed by atoms with van der Waals surface area (Å²) in [6, 6.07) is 28.2. The fraction of sp³-hybridized carbons (Fsp3) is 0.310. The maximum absolute atomic E-state index is 14.7. The van der Waals surface area contributed by atoms with E-state index in [1.54, 1.807) is 0 Å². The molecule has 0 radical (unpaired) electrons. The SMILES string of the molecule is Cc1ccc(NC(=O)c2[nH]c3cc(Cl)ccc3c2-c2c(-c3ccccc3)ncn2[C@@H](C)c2ccc(Cl)cc2)c(N2CCN(C3CCCCC3)CC2)n1. The van der Waals surface area contributed by atoms with E-state index in [2.05, 4.69) is 31.6 Å². The minimum atomic E-state index is -0.263. The summed E-state index contributed by atoms with van der Waals surface area (Å²) in [7, 11) is 0. The van der Waals surface area contributed by atoms with Crippen LogP contribution >= 0.6 is 23.2 Å². The molecule has 1 aliphatic carbocycles. The number of carbonyl (C=O) groups excluding carboxylic acids is 1. The lowest BCUT2D eigenvalue weighted by molar-refractivity contribution is 0.102. The predicted octanol–water partition coefficient (Wildman–Crippen LogP) is 10.0. The molecule has 3 aromatic carbocycles. The number of aromatic nitrogens is 4. The molecule has 266 valence electrons. The van der Waals surface area contributed by atoms with Gasteiger partial charge in [0.1, 0.15) is 5.69 Å². The molecule has 0 bridgehead atoms. The molecule has 1 atom stereocenters. The summed E-state index contributed by atoms with van der Waals surface area (Å²) >= 11 is 12.8. The van der Waals surface area contributed by atoms with Gasteiger partial charge in [-0.05, 0) is 68.7 Å². The summed E-state index contributed by atoms with van der Waals surface area (Å²) in [6.45, 7) is 7.87. The molecule has 3 aromatic heterocycles. The van der Waals surface area contributed by atoms with Crippen molar-refractivity contribution in [2.45, 2.75) is 58.0 Å². The highest BCUT2D eigenvalue weighted by atomic mass is 35.5. The van der Waals surface area contributed by atoms with Gasteiger partial charge >= 0.3 is 0 Å². The fourth-order valence-electron chi connectivity index (χ4n) is 8.01. The molecule has 1 amide bonds. The van der Waals surface area contributed by atoms with Crippen molar-refractivity contribution in [3.63, 3.8) is 0 Å². The fourth-order valence-corrected chi connectivity index (χ4v) is 8.31. The van der Waals surface area contributed by atoms with E-state index in [0.717, 1.165) is 76.7 Å². The van der Waals surface area contributed by atoms with Crippen LogP contribution in [-0.4, -0.2) is 62.5 Å². The summed E-state index contributed by atoms with van der Waals surface area (Å²) in [5.74, 6) is 0.546. The highest BCUT2D eigenvalue weighted by Gasteiger charge is 2.30. The van der Waals surface area contributed by atoms with Crippen molar-refractivity contribution in [2.75, 3.05) is 36.4 Å². The number of pyridine rings is 1. The van der Waals surface area contributed by atoms with Crippen molar-refractivity contribution < 1.29 is 4.79 Å². The number of H-pyrrole nitrogens is 1. The zero-order valence-electron chi connectivity index (χ0n) is 29.6. The van der Waals surface area contributed by atoms with Gasteiger partial charge < -0.3 is 19.8 Å². The maximum atomic E-state index is 14.7. The highest BCUT2D eigenvalue weighted by molar-refractivity contribution is 6.31. The van der Waals surface area contributed by atoms with Crippen molar-refractivity contribution in [1.29, 1.82) is 0 Å². The first kappa shape index (κ1) is 34.5. The number of nitrogens with one attached hydrogen (secondary N) is 2. The normalized spacial score (nSPS) is 16.3. The second-order valence-corrected chi connectivity index (χ2v) is 15.0. The first-order valence-electron chi connectivity index (χ1n) is 18.3.